The number of aromatic nitrogens is 1. The summed E-state index contributed by atoms with van der Waals surface area (Å²) in [6.07, 6.45) is 2.44. The van der Waals surface area contributed by atoms with Crippen LogP contribution in [0.1, 0.15) is 35.8 Å². The standard InChI is InChI=1S/C16H17N3O2S/c1-10-18-12(6-22-10)14(21)19-8-16(9-19)4-11(5-17)13(20)15(2,3)7-16/h4,6H,7-9H2,1-3H3. The van der Waals surface area contributed by atoms with Gasteiger partial charge in [0.1, 0.15) is 11.8 Å². The number of hydrogen-bond donors (Lipinski definition) is 0. The largest absolute Gasteiger partial charge is 0.335 e. The van der Waals surface area contributed by atoms with Gasteiger partial charge in [0.25, 0.3) is 5.91 Å². The zero-order chi connectivity index (χ0) is 16.1. The molecule has 1 fully saturated rings. The van der Waals surface area contributed by atoms with E-state index in [1.165, 1.54) is 11.3 Å². The Morgan fingerprint density at radius 2 is 2.14 bits per heavy atom. The number of hydrogen-bond acceptors (Lipinski definition) is 5. The first-order chi connectivity index (χ1) is 10.3. The molecule has 0 unspecified atom stereocenters. The van der Waals surface area contributed by atoms with Crippen LogP contribution in [0.5, 0.6) is 0 Å². The van der Waals surface area contributed by atoms with Crippen LogP contribution in [-0.4, -0.2) is 34.7 Å². The Morgan fingerprint density at radius 1 is 1.45 bits per heavy atom. The maximum atomic E-state index is 12.4. The van der Waals surface area contributed by atoms with Crippen molar-refractivity contribution < 1.29 is 9.59 Å². The van der Waals surface area contributed by atoms with Crippen molar-refractivity contribution in [2.24, 2.45) is 10.8 Å². The highest BCUT2D eigenvalue weighted by atomic mass is 32.1. The second-order valence-corrected chi connectivity index (χ2v) is 7.90. The lowest BCUT2D eigenvalue weighted by Crippen LogP contribution is -2.60. The van der Waals surface area contributed by atoms with Crippen molar-refractivity contribution in [3.8, 4) is 6.07 Å². The molecule has 0 saturated carbocycles. The van der Waals surface area contributed by atoms with Crippen LogP contribution in [0.2, 0.25) is 0 Å². The van der Waals surface area contributed by atoms with E-state index in [0.29, 0.717) is 25.2 Å². The lowest BCUT2D eigenvalue weighted by Gasteiger charge is -2.53. The minimum atomic E-state index is -0.549. The molecule has 114 valence electrons. The van der Waals surface area contributed by atoms with Crippen molar-refractivity contribution in [1.29, 1.82) is 5.26 Å². The molecule has 1 amide bonds. The molecule has 1 aliphatic heterocycles. The number of likely N-dealkylation sites (tertiary alicyclic amines) is 1. The molecule has 3 rings (SSSR count). The molecule has 0 radical (unpaired) electrons. The summed E-state index contributed by atoms with van der Waals surface area (Å²) in [7, 11) is 0. The Hall–Kier alpha value is -2.00. The number of allylic oxidation sites excluding steroid dienone is 1. The van der Waals surface area contributed by atoms with Crippen LogP contribution in [-0.2, 0) is 4.79 Å². The molecule has 5 nitrogen and oxygen atoms in total. The lowest BCUT2D eigenvalue weighted by atomic mass is 9.61. The number of nitrogens with zero attached hydrogens (tertiary/aromatic N) is 3. The number of Topliss-reactive ketones (excluding diaryl/α,β-unsaturated/α-hetero) is 1. The third-order valence-corrected chi connectivity index (χ3v) is 5.13. The Labute approximate surface area is 133 Å². The molecule has 6 heteroatoms. The fourth-order valence-electron chi connectivity index (χ4n) is 3.52. The van der Waals surface area contributed by atoms with E-state index >= 15 is 0 Å². The van der Waals surface area contributed by atoms with Crippen LogP contribution >= 0.6 is 11.3 Å². The van der Waals surface area contributed by atoms with Gasteiger partial charge in [0.15, 0.2) is 5.78 Å². The molecule has 1 saturated heterocycles. The molecule has 2 heterocycles. The van der Waals surface area contributed by atoms with Crippen molar-refractivity contribution >= 4 is 23.0 Å². The predicted octanol–water partition coefficient (Wildman–Crippen LogP) is 2.34. The van der Waals surface area contributed by atoms with Crippen molar-refractivity contribution in [2.75, 3.05) is 13.1 Å². The van der Waals surface area contributed by atoms with Crippen LogP contribution in [0, 0.1) is 29.1 Å². The quantitative estimate of drug-likeness (QED) is 0.797. The van der Waals surface area contributed by atoms with Gasteiger partial charge in [0, 0.05) is 29.3 Å². The summed E-state index contributed by atoms with van der Waals surface area (Å²) in [5, 5.41) is 11.8. The molecule has 0 N–H and O–H groups in total. The fraction of sp³-hybridized carbons (Fsp3) is 0.500. The lowest BCUT2D eigenvalue weighted by molar-refractivity contribution is -0.127. The summed E-state index contributed by atoms with van der Waals surface area (Å²) in [5.74, 6) is -0.169. The number of thiazole rings is 1. The predicted molar refractivity (Wildman–Crippen MR) is 82.3 cm³/mol. The fourth-order valence-corrected chi connectivity index (χ4v) is 4.10. The van der Waals surface area contributed by atoms with E-state index in [4.69, 9.17) is 0 Å². The van der Waals surface area contributed by atoms with E-state index in [0.717, 1.165) is 5.01 Å². The van der Waals surface area contributed by atoms with Crippen LogP contribution < -0.4 is 0 Å². The van der Waals surface area contributed by atoms with Gasteiger partial charge < -0.3 is 4.90 Å². The molecule has 1 aromatic rings. The minimum Gasteiger partial charge on any atom is -0.335 e. The van der Waals surface area contributed by atoms with Crippen molar-refractivity contribution in [3.05, 3.63) is 27.7 Å². The maximum absolute atomic E-state index is 12.4. The van der Waals surface area contributed by atoms with Crippen LogP contribution in [0.25, 0.3) is 0 Å². The topological polar surface area (TPSA) is 74.1 Å². The smallest absolute Gasteiger partial charge is 0.273 e. The van der Waals surface area contributed by atoms with Crippen molar-refractivity contribution in [3.63, 3.8) is 0 Å². The summed E-state index contributed by atoms with van der Waals surface area (Å²) >= 11 is 1.46. The average Bonchev–Trinajstić information content (AvgIpc) is 2.85. The van der Waals surface area contributed by atoms with E-state index in [2.05, 4.69) is 4.98 Å². The van der Waals surface area contributed by atoms with Crippen LogP contribution in [0.4, 0.5) is 0 Å². The Morgan fingerprint density at radius 3 is 2.68 bits per heavy atom. The average molecular weight is 315 g/mol. The number of ketones is 1. The zero-order valence-electron chi connectivity index (χ0n) is 12.8. The van der Waals surface area contributed by atoms with E-state index in [1.54, 1.807) is 16.4 Å². The molecule has 22 heavy (non-hydrogen) atoms. The van der Waals surface area contributed by atoms with Gasteiger partial charge in [-0.3, -0.25) is 9.59 Å². The maximum Gasteiger partial charge on any atom is 0.273 e. The second-order valence-electron chi connectivity index (χ2n) is 6.83. The van der Waals surface area contributed by atoms with E-state index < -0.39 is 5.41 Å². The SMILES string of the molecule is Cc1nc(C(=O)N2CC3(C=C(C#N)C(=O)C(C)(C)C3)C2)cs1. The monoisotopic (exact) mass is 315 g/mol. The van der Waals surface area contributed by atoms with E-state index in [9.17, 15) is 14.9 Å². The van der Waals surface area contributed by atoms with Crippen LogP contribution in [0.3, 0.4) is 0 Å². The van der Waals surface area contributed by atoms with E-state index in [-0.39, 0.29) is 22.7 Å². The van der Waals surface area contributed by atoms with E-state index in [1.807, 2.05) is 26.8 Å². The molecular weight excluding hydrogens is 298 g/mol. The molecule has 0 aromatic carbocycles. The first-order valence-corrected chi connectivity index (χ1v) is 8.03. The molecular formula is C16H17N3O2S. The molecule has 1 aromatic heterocycles. The first-order valence-electron chi connectivity index (χ1n) is 7.16. The number of carbonyl (C=O) groups excluding carboxylic acids is 2. The molecule has 0 bridgehead atoms. The third kappa shape index (κ3) is 2.26. The minimum absolute atomic E-state index is 0.0726. The summed E-state index contributed by atoms with van der Waals surface area (Å²) in [6.45, 7) is 6.70. The van der Waals surface area contributed by atoms with Gasteiger partial charge >= 0.3 is 0 Å². The van der Waals surface area contributed by atoms with Gasteiger partial charge in [0.2, 0.25) is 0 Å². The third-order valence-electron chi connectivity index (χ3n) is 4.36. The first kappa shape index (κ1) is 14.9. The molecule has 0 atom stereocenters. The zero-order valence-corrected chi connectivity index (χ0v) is 13.7. The van der Waals surface area contributed by atoms with Gasteiger partial charge in [-0.2, -0.15) is 5.26 Å². The Bertz CT molecular complexity index is 733. The second kappa shape index (κ2) is 4.75. The van der Waals surface area contributed by atoms with Gasteiger partial charge in [-0.05, 0) is 13.3 Å². The number of amides is 1. The molecule has 1 aliphatic carbocycles. The van der Waals surface area contributed by atoms with Crippen LogP contribution in [0.15, 0.2) is 17.0 Å². The van der Waals surface area contributed by atoms with Gasteiger partial charge in [-0.1, -0.05) is 19.9 Å². The number of rotatable bonds is 1. The number of carbonyl (C=O) groups is 2. The summed E-state index contributed by atoms with van der Waals surface area (Å²) in [6, 6.07) is 2.01. The number of aryl methyl sites for hydroxylation is 1. The number of nitriles is 1. The highest BCUT2D eigenvalue weighted by molar-refractivity contribution is 7.09. The normalized spacial score (nSPS) is 22.0. The summed E-state index contributed by atoms with van der Waals surface area (Å²) in [5.41, 5.74) is -0.0872. The molecule has 1 spiro atoms. The van der Waals surface area contributed by atoms with Gasteiger partial charge in [0.05, 0.1) is 10.6 Å². The summed E-state index contributed by atoms with van der Waals surface area (Å²) in [4.78, 5) is 30.5. The highest BCUT2D eigenvalue weighted by Crippen LogP contribution is 2.48. The highest BCUT2D eigenvalue weighted by Gasteiger charge is 2.52. The Kier molecular flexibility index (Phi) is 3.22. The van der Waals surface area contributed by atoms with Gasteiger partial charge in [-0.15, -0.1) is 11.3 Å². The van der Waals surface area contributed by atoms with Gasteiger partial charge in [-0.25, -0.2) is 4.98 Å². The van der Waals surface area contributed by atoms with Crippen molar-refractivity contribution in [2.45, 2.75) is 27.2 Å². The summed E-state index contributed by atoms with van der Waals surface area (Å²) < 4.78 is 0. The molecule has 2 aliphatic rings. The Balaban J connectivity index is 1.79. The van der Waals surface area contributed by atoms with Crippen molar-refractivity contribution in [1.82, 2.24) is 9.88 Å².